The minimum Gasteiger partial charge on any atom is -0.440 e. The van der Waals surface area contributed by atoms with Crippen LogP contribution in [0.3, 0.4) is 0 Å². The Balaban J connectivity index is 1.49. The lowest BCUT2D eigenvalue weighted by molar-refractivity contribution is 0.0417. The van der Waals surface area contributed by atoms with Crippen molar-refractivity contribution in [3.63, 3.8) is 0 Å². The molecule has 110 valence electrons. The van der Waals surface area contributed by atoms with E-state index in [2.05, 4.69) is 4.90 Å². The van der Waals surface area contributed by atoms with Gasteiger partial charge in [0.15, 0.2) is 11.0 Å². The highest BCUT2D eigenvalue weighted by atomic mass is 35.5. The molecule has 2 aliphatic rings. The zero-order valence-corrected chi connectivity index (χ0v) is 12.1. The molecule has 2 aliphatic heterocycles. The lowest BCUT2D eigenvalue weighted by Gasteiger charge is -2.35. The van der Waals surface area contributed by atoms with Gasteiger partial charge in [-0.1, -0.05) is 0 Å². The Labute approximate surface area is 123 Å². The molecule has 2 fully saturated rings. The van der Waals surface area contributed by atoms with Crippen LogP contribution in [-0.2, 0) is 4.74 Å². The van der Waals surface area contributed by atoms with Gasteiger partial charge in [-0.15, -0.1) is 0 Å². The van der Waals surface area contributed by atoms with Gasteiger partial charge in [0.2, 0.25) is 0 Å². The number of carbonyl (C=O) groups is 1. The fraction of sp³-hybridized carbons (Fsp3) is 0.643. The molecule has 3 rings (SSSR count). The van der Waals surface area contributed by atoms with Crippen molar-refractivity contribution < 1.29 is 13.9 Å². The van der Waals surface area contributed by atoms with Gasteiger partial charge in [-0.3, -0.25) is 9.69 Å². The van der Waals surface area contributed by atoms with Gasteiger partial charge in [-0.2, -0.15) is 0 Å². The van der Waals surface area contributed by atoms with Crippen LogP contribution in [0.4, 0.5) is 0 Å². The Morgan fingerprint density at radius 1 is 1.30 bits per heavy atom. The SMILES string of the molecule is O=C(c1ccc(Cl)o1)N1CCN(CC2CCCO2)CC1. The van der Waals surface area contributed by atoms with Gasteiger partial charge >= 0.3 is 0 Å². The topological polar surface area (TPSA) is 45.9 Å². The second-order valence-electron chi connectivity index (χ2n) is 5.33. The molecule has 0 bridgehead atoms. The van der Waals surface area contributed by atoms with E-state index in [0.29, 0.717) is 11.9 Å². The molecule has 2 saturated heterocycles. The van der Waals surface area contributed by atoms with Crippen LogP contribution in [0, 0.1) is 0 Å². The first-order valence-electron chi connectivity index (χ1n) is 7.11. The average Bonchev–Trinajstić information content (AvgIpc) is 3.10. The average molecular weight is 299 g/mol. The highest BCUT2D eigenvalue weighted by molar-refractivity contribution is 6.29. The van der Waals surface area contributed by atoms with Crippen molar-refractivity contribution in [2.24, 2.45) is 0 Å². The molecule has 3 heterocycles. The number of amides is 1. The summed E-state index contributed by atoms with van der Waals surface area (Å²) in [5.74, 6) is 0.247. The summed E-state index contributed by atoms with van der Waals surface area (Å²) in [5, 5.41) is 0.255. The zero-order valence-electron chi connectivity index (χ0n) is 11.4. The lowest BCUT2D eigenvalue weighted by atomic mass is 10.2. The highest BCUT2D eigenvalue weighted by Gasteiger charge is 2.26. The number of carbonyl (C=O) groups excluding carboxylic acids is 1. The van der Waals surface area contributed by atoms with Crippen molar-refractivity contribution in [2.45, 2.75) is 18.9 Å². The summed E-state index contributed by atoms with van der Waals surface area (Å²) < 4.78 is 10.8. The van der Waals surface area contributed by atoms with Gasteiger partial charge in [0.1, 0.15) is 0 Å². The fourth-order valence-corrected chi connectivity index (χ4v) is 2.94. The maximum atomic E-state index is 12.2. The third-order valence-corrected chi connectivity index (χ3v) is 4.13. The molecule has 1 unspecified atom stereocenters. The molecule has 0 aromatic carbocycles. The molecule has 1 atom stereocenters. The normalized spacial score (nSPS) is 24.2. The number of piperazine rings is 1. The Kier molecular flexibility index (Phi) is 4.29. The quantitative estimate of drug-likeness (QED) is 0.855. The van der Waals surface area contributed by atoms with Crippen LogP contribution >= 0.6 is 11.6 Å². The van der Waals surface area contributed by atoms with Gasteiger partial charge in [-0.25, -0.2) is 0 Å². The molecule has 1 aromatic rings. The van der Waals surface area contributed by atoms with Gasteiger partial charge in [0.25, 0.3) is 5.91 Å². The van der Waals surface area contributed by atoms with E-state index in [0.717, 1.165) is 45.8 Å². The Bertz CT molecular complexity index is 463. The van der Waals surface area contributed by atoms with Crippen LogP contribution < -0.4 is 0 Å². The van der Waals surface area contributed by atoms with Crippen molar-refractivity contribution in [3.05, 3.63) is 23.1 Å². The number of ether oxygens (including phenoxy) is 1. The van der Waals surface area contributed by atoms with Crippen LogP contribution in [0.5, 0.6) is 0 Å². The maximum absolute atomic E-state index is 12.2. The summed E-state index contributed by atoms with van der Waals surface area (Å²) in [6, 6.07) is 3.23. The summed E-state index contributed by atoms with van der Waals surface area (Å²) >= 11 is 5.70. The van der Waals surface area contributed by atoms with E-state index in [4.69, 9.17) is 20.8 Å². The van der Waals surface area contributed by atoms with Crippen LogP contribution in [0.1, 0.15) is 23.4 Å². The van der Waals surface area contributed by atoms with Crippen LogP contribution in [0.15, 0.2) is 16.5 Å². The molecule has 0 N–H and O–H groups in total. The predicted molar refractivity (Wildman–Crippen MR) is 75.0 cm³/mol. The summed E-state index contributed by atoms with van der Waals surface area (Å²) in [4.78, 5) is 16.4. The van der Waals surface area contributed by atoms with E-state index < -0.39 is 0 Å². The Morgan fingerprint density at radius 2 is 2.10 bits per heavy atom. The highest BCUT2D eigenvalue weighted by Crippen LogP contribution is 2.17. The van der Waals surface area contributed by atoms with Gasteiger partial charge in [-0.05, 0) is 36.6 Å². The van der Waals surface area contributed by atoms with E-state index >= 15 is 0 Å². The van der Waals surface area contributed by atoms with Crippen molar-refractivity contribution in [2.75, 3.05) is 39.3 Å². The van der Waals surface area contributed by atoms with E-state index in [1.165, 1.54) is 6.42 Å². The summed E-state index contributed by atoms with van der Waals surface area (Å²) in [6.07, 6.45) is 2.70. The number of nitrogens with zero attached hydrogens (tertiary/aromatic N) is 2. The molecule has 0 saturated carbocycles. The zero-order chi connectivity index (χ0) is 13.9. The molecule has 1 amide bonds. The number of furan rings is 1. The third-order valence-electron chi connectivity index (χ3n) is 3.93. The second kappa shape index (κ2) is 6.16. The van der Waals surface area contributed by atoms with E-state index in [-0.39, 0.29) is 11.1 Å². The van der Waals surface area contributed by atoms with Crippen molar-refractivity contribution >= 4 is 17.5 Å². The molecule has 0 radical (unpaired) electrons. The number of hydrogen-bond donors (Lipinski definition) is 0. The Morgan fingerprint density at radius 3 is 2.70 bits per heavy atom. The molecular formula is C14H19ClN2O3. The van der Waals surface area contributed by atoms with Crippen molar-refractivity contribution in [1.82, 2.24) is 9.80 Å². The first-order chi connectivity index (χ1) is 9.72. The first-order valence-corrected chi connectivity index (χ1v) is 7.49. The minimum absolute atomic E-state index is 0.0753. The van der Waals surface area contributed by atoms with E-state index in [1.54, 1.807) is 12.1 Å². The largest absolute Gasteiger partial charge is 0.440 e. The molecule has 0 aliphatic carbocycles. The minimum atomic E-state index is -0.0753. The standard InChI is InChI=1S/C14H19ClN2O3/c15-13-4-3-12(20-13)14(18)17-7-5-16(6-8-17)10-11-2-1-9-19-11/h3-4,11H,1-2,5-10H2. The van der Waals surface area contributed by atoms with Gasteiger partial charge in [0, 0.05) is 39.3 Å². The van der Waals surface area contributed by atoms with Gasteiger partial charge < -0.3 is 14.1 Å². The Hall–Kier alpha value is -1.04. The molecule has 5 nitrogen and oxygen atoms in total. The van der Waals surface area contributed by atoms with Crippen LogP contribution in [0.2, 0.25) is 5.22 Å². The molecule has 0 spiro atoms. The second-order valence-corrected chi connectivity index (χ2v) is 5.70. The number of halogens is 1. The summed E-state index contributed by atoms with van der Waals surface area (Å²) in [6.45, 7) is 5.10. The molecule has 20 heavy (non-hydrogen) atoms. The molecule has 1 aromatic heterocycles. The van der Waals surface area contributed by atoms with Crippen molar-refractivity contribution in [3.8, 4) is 0 Å². The predicted octanol–water partition coefficient (Wildman–Crippen LogP) is 1.87. The molecular weight excluding hydrogens is 280 g/mol. The van der Waals surface area contributed by atoms with Crippen LogP contribution in [0.25, 0.3) is 0 Å². The number of hydrogen-bond acceptors (Lipinski definition) is 4. The number of rotatable bonds is 3. The van der Waals surface area contributed by atoms with E-state index in [9.17, 15) is 4.79 Å². The smallest absolute Gasteiger partial charge is 0.289 e. The molecule has 6 heteroatoms. The van der Waals surface area contributed by atoms with Gasteiger partial charge in [0.05, 0.1) is 6.10 Å². The monoisotopic (exact) mass is 298 g/mol. The van der Waals surface area contributed by atoms with Crippen LogP contribution in [-0.4, -0.2) is 61.1 Å². The summed E-state index contributed by atoms with van der Waals surface area (Å²) in [7, 11) is 0. The van der Waals surface area contributed by atoms with E-state index in [1.807, 2.05) is 4.90 Å². The lowest BCUT2D eigenvalue weighted by Crippen LogP contribution is -2.50. The summed E-state index contributed by atoms with van der Waals surface area (Å²) in [5.41, 5.74) is 0. The third kappa shape index (κ3) is 3.16. The maximum Gasteiger partial charge on any atom is 0.289 e. The fourth-order valence-electron chi connectivity index (χ4n) is 2.79. The first kappa shape index (κ1) is 13.9. The van der Waals surface area contributed by atoms with Crippen molar-refractivity contribution in [1.29, 1.82) is 0 Å².